The molecule has 0 aromatic carbocycles. The molecular formula is C8H11F3N2O. The van der Waals surface area contributed by atoms with Crippen LogP contribution >= 0.6 is 0 Å². The van der Waals surface area contributed by atoms with Gasteiger partial charge in [0.1, 0.15) is 0 Å². The van der Waals surface area contributed by atoms with Crippen LogP contribution in [-0.2, 0) is 10.9 Å². The number of aryl methyl sites for hydroxylation is 1. The van der Waals surface area contributed by atoms with Crippen molar-refractivity contribution in [2.45, 2.75) is 26.1 Å². The van der Waals surface area contributed by atoms with Crippen molar-refractivity contribution in [3.63, 3.8) is 0 Å². The van der Waals surface area contributed by atoms with E-state index < -0.39 is 18.0 Å². The quantitative estimate of drug-likeness (QED) is 0.810. The summed E-state index contributed by atoms with van der Waals surface area (Å²) in [6.07, 6.45) is -5.06. The molecule has 3 nitrogen and oxygen atoms in total. The molecule has 1 N–H and O–H groups in total. The van der Waals surface area contributed by atoms with Gasteiger partial charge in [0.2, 0.25) is 0 Å². The van der Waals surface area contributed by atoms with E-state index in [0.29, 0.717) is 5.69 Å². The molecule has 14 heavy (non-hydrogen) atoms. The molecule has 1 rings (SSSR count). The van der Waals surface area contributed by atoms with E-state index in [1.807, 2.05) is 0 Å². The minimum absolute atomic E-state index is 0.0694. The number of methoxy groups -OCH3 is 1. The molecule has 0 amide bonds. The molecule has 0 aliphatic carbocycles. The number of rotatable bonds is 2. The molecule has 0 bridgehead atoms. The molecule has 1 heterocycles. The predicted octanol–water partition coefficient (Wildman–Crippen LogP) is 2.44. The van der Waals surface area contributed by atoms with Crippen molar-refractivity contribution in [3.8, 4) is 0 Å². The first kappa shape index (κ1) is 11.0. The summed E-state index contributed by atoms with van der Waals surface area (Å²) < 4.78 is 42.1. The number of hydrogen-bond donors (Lipinski definition) is 1. The summed E-state index contributed by atoms with van der Waals surface area (Å²) in [5.74, 6) is 0. The Kier molecular flexibility index (Phi) is 2.84. The Labute approximate surface area is 79.3 Å². The summed E-state index contributed by atoms with van der Waals surface area (Å²) >= 11 is 0. The van der Waals surface area contributed by atoms with Crippen molar-refractivity contribution < 1.29 is 17.9 Å². The molecule has 80 valence electrons. The average Bonchev–Trinajstić information content (AvgIpc) is 2.45. The molecule has 0 aliphatic rings. The van der Waals surface area contributed by atoms with Crippen LogP contribution in [0.25, 0.3) is 0 Å². The molecule has 0 radical (unpaired) electrons. The third-order valence-electron chi connectivity index (χ3n) is 2.02. The van der Waals surface area contributed by atoms with Crippen LogP contribution in [0, 0.1) is 6.92 Å². The predicted molar refractivity (Wildman–Crippen MR) is 43.8 cm³/mol. The number of nitrogens with zero attached hydrogens (tertiary/aromatic N) is 1. The molecule has 1 unspecified atom stereocenters. The van der Waals surface area contributed by atoms with E-state index in [0.717, 1.165) is 0 Å². The van der Waals surface area contributed by atoms with Crippen molar-refractivity contribution in [3.05, 3.63) is 17.0 Å². The number of nitrogens with one attached hydrogen (secondary N) is 1. The van der Waals surface area contributed by atoms with Gasteiger partial charge in [0, 0.05) is 18.4 Å². The highest BCUT2D eigenvalue weighted by molar-refractivity contribution is 5.28. The number of H-pyrrole nitrogens is 1. The second-order valence-electron chi connectivity index (χ2n) is 2.99. The highest BCUT2D eigenvalue weighted by Crippen LogP contribution is 2.35. The first-order valence-corrected chi connectivity index (χ1v) is 4.02. The number of hydrogen-bond acceptors (Lipinski definition) is 2. The second-order valence-corrected chi connectivity index (χ2v) is 2.99. The lowest BCUT2D eigenvalue weighted by molar-refractivity contribution is -0.142. The minimum Gasteiger partial charge on any atom is -0.377 e. The maximum Gasteiger partial charge on any atom is 0.435 e. The molecule has 0 saturated carbocycles. The molecule has 6 heteroatoms. The van der Waals surface area contributed by atoms with Gasteiger partial charge in [-0.2, -0.15) is 18.3 Å². The highest BCUT2D eigenvalue weighted by atomic mass is 19.4. The molecular weight excluding hydrogens is 197 g/mol. The zero-order chi connectivity index (χ0) is 10.9. The lowest BCUT2D eigenvalue weighted by atomic mass is 10.1. The van der Waals surface area contributed by atoms with Gasteiger partial charge in [0.25, 0.3) is 0 Å². The molecule has 1 aromatic rings. The Morgan fingerprint density at radius 2 is 2.00 bits per heavy atom. The van der Waals surface area contributed by atoms with Gasteiger partial charge < -0.3 is 4.74 Å². The van der Waals surface area contributed by atoms with Crippen molar-refractivity contribution >= 4 is 0 Å². The lowest BCUT2D eigenvalue weighted by Crippen LogP contribution is -2.11. The zero-order valence-electron chi connectivity index (χ0n) is 8.07. The van der Waals surface area contributed by atoms with Crippen molar-refractivity contribution in [1.29, 1.82) is 0 Å². The van der Waals surface area contributed by atoms with Gasteiger partial charge in [-0.05, 0) is 13.8 Å². The van der Waals surface area contributed by atoms with Gasteiger partial charge in [0.15, 0.2) is 5.69 Å². The van der Waals surface area contributed by atoms with Gasteiger partial charge in [0.05, 0.1) is 6.10 Å². The lowest BCUT2D eigenvalue weighted by Gasteiger charge is -2.12. The largest absolute Gasteiger partial charge is 0.435 e. The first-order valence-electron chi connectivity index (χ1n) is 4.02. The molecule has 0 spiro atoms. The normalized spacial score (nSPS) is 14.4. The summed E-state index contributed by atoms with van der Waals surface area (Å²) in [5.41, 5.74) is -0.448. The summed E-state index contributed by atoms with van der Waals surface area (Å²) in [7, 11) is 1.36. The fraction of sp³-hybridized carbons (Fsp3) is 0.625. The highest BCUT2D eigenvalue weighted by Gasteiger charge is 2.38. The van der Waals surface area contributed by atoms with Crippen LogP contribution in [0.1, 0.15) is 30.0 Å². The fourth-order valence-electron chi connectivity index (χ4n) is 1.27. The van der Waals surface area contributed by atoms with Gasteiger partial charge in [-0.25, -0.2) is 0 Å². The number of aromatic amines is 1. The Hall–Kier alpha value is -1.04. The number of ether oxygens (including phenoxy) is 1. The summed E-state index contributed by atoms with van der Waals surface area (Å²) in [6, 6.07) is 0. The first-order chi connectivity index (χ1) is 6.38. The Balaban J connectivity index is 3.19. The molecule has 1 atom stereocenters. The van der Waals surface area contributed by atoms with Gasteiger partial charge in [-0.15, -0.1) is 0 Å². The van der Waals surface area contributed by atoms with Gasteiger partial charge in [-0.3, -0.25) is 5.10 Å². The maximum atomic E-state index is 12.4. The summed E-state index contributed by atoms with van der Waals surface area (Å²) in [6.45, 7) is 3.08. The Morgan fingerprint density at radius 3 is 2.43 bits per heavy atom. The van der Waals surface area contributed by atoms with Crippen molar-refractivity contribution in [1.82, 2.24) is 10.2 Å². The molecule has 0 fully saturated rings. The van der Waals surface area contributed by atoms with Crippen molar-refractivity contribution in [2.24, 2.45) is 0 Å². The van der Waals surface area contributed by atoms with Crippen LogP contribution in [0.5, 0.6) is 0 Å². The Bertz CT molecular complexity index is 319. The fourth-order valence-corrected chi connectivity index (χ4v) is 1.27. The van der Waals surface area contributed by atoms with E-state index in [1.165, 1.54) is 14.0 Å². The standard InChI is InChI=1S/C8H11F3N2O/c1-4-6(5(2)14-3)7(13-12-4)8(9,10)11/h5H,1-3H3,(H,12,13). The smallest absolute Gasteiger partial charge is 0.377 e. The van der Waals surface area contributed by atoms with Crippen LogP contribution in [0.3, 0.4) is 0 Å². The van der Waals surface area contributed by atoms with E-state index in [1.54, 1.807) is 6.92 Å². The van der Waals surface area contributed by atoms with Gasteiger partial charge >= 0.3 is 6.18 Å². The van der Waals surface area contributed by atoms with E-state index >= 15 is 0 Å². The topological polar surface area (TPSA) is 37.9 Å². The van der Waals surface area contributed by atoms with E-state index in [2.05, 4.69) is 10.2 Å². The minimum atomic E-state index is -4.44. The van der Waals surface area contributed by atoms with Crippen LogP contribution < -0.4 is 0 Å². The average molecular weight is 208 g/mol. The third-order valence-corrected chi connectivity index (χ3v) is 2.02. The van der Waals surface area contributed by atoms with Crippen molar-refractivity contribution in [2.75, 3.05) is 7.11 Å². The molecule has 1 aromatic heterocycles. The van der Waals surface area contributed by atoms with Crippen LogP contribution in [-0.4, -0.2) is 17.3 Å². The SMILES string of the molecule is COC(C)c1c(C(F)(F)F)n[nH]c1C. The second kappa shape index (κ2) is 3.61. The maximum absolute atomic E-state index is 12.4. The number of aromatic nitrogens is 2. The number of alkyl halides is 3. The van der Waals surface area contributed by atoms with E-state index in [4.69, 9.17) is 4.74 Å². The number of halogens is 3. The van der Waals surface area contributed by atoms with Crippen LogP contribution in [0.2, 0.25) is 0 Å². The van der Waals surface area contributed by atoms with E-state index in [9.17, 15) is 13.2 Å². The van der Waals surface area contributed by atoms with Crippen LogP contribution in [0.4, 0.5) is 13.2 Å². The van der Waals surface area contributed by atoms with E-state index in [-0.39, 0.29) is 5.56 Å². The zero-order valence-corrected chi connectivity index (χ0v) is 8.07. The third kappa shape index (κ3) is 1.89. The molecule has 0 saturated heterocycles. The Morgan fingerprint density at radius 1 is 1.43 bits per heavy atom. The molecule has 0 aliphatic heterocycles. The van der Waals surface area contributed by atoms with Crippen LogP contribution in [0.15, 0.2) is 0 Å². The van der Waals surface area contributed by atoms with Gasteiger partial charge in [-0.1, -0.05) is 0 Å². The summed E-state index contributed by atoms with van der Waals surface area (Å²) in [4.78, 5) is 0. The summed E-state index contributed by atoms with van der Waals surface area (Å²) in [5, 5.41) is 5.54. The monoisotopic (exact) mass is 208 g/mol.